The van der Waals surface area contributed by atoms with Crippen LogP contribution >= 0.6 is 11.6 Å². The number of rotatable bonds is 4. The van der Waals surface area contributed by atoms with Crippen molar-refractivity contribution < 1.29 is 17.9 Å². The number of benzene rings is 1. The van der Waals surface area contributed by atoms with E-state index in [-0.39, 0.29) is 28.9 Å². The van der Waals surface area contributed by atoms with E-state index in [0.717, 1.165) is 18.7 Å². The smallest absolute Gasteiger partial charge is 0.244 e. The number of nitrogens with zero attached hydrogens (tertiary/aromatic N) is 3. The fourth-order valence-corrected chi connectivity index (χ4v) is 5.18. The second kappa shape index (κ2) is 8.22. The molecule has 3 rings (SSSR count). The lowest BCUT2D eigenvalue weighted by Crippen LogP contribution is -2.53. The van der Waals surface area contributed by atoms with Gasteiger partial charge in [0, 0.05) is 39.3 Å². The van der Waals surface area contributed by atoms with E-state index in [1.165, 1.54) is 4.31 Å². The fraction of sp³-hybridized carbons (Fsp3) is 0.588. The van der Waals surface area contributed by atoms with Crippen molar-refractivity contribution in [1.29, 1.82) is 0 Å². The van der Waals surface area contributed by atoms with E-state index in [9.17, 15) is 13.2 Å². The van der Waals surface area contributed by atoms with Gasteiger partial charge in [-0.05, 0) is 24.6 Å². The Balaban J connectivity index is 1.59. The normalized spacial score (nSPS) is 20.3. The number of piperazine rings is 1. The zero-order valence-corrected chi connectivity index (χ0v) is 16.4. The van der Waals surface area contributed by atoms with Crippen LogP contribution in [0.2, 0.25) is 5.02 Å². The molecule has 1 aromatic rings. The molecule has 9 heteroatoms. The quantitative estimate of drug-likeness (QED) is 0.746. The first-order chi connectivity index (χ1) is 12.4. The van der Waals surface area contributed by atoms with Crippen LogP contribution in [-0.2, 0) is 19.6 Å². The highest BCUT2D eigenvalue weighted by Gasteiger charge is 2.31. The van der Waals surface area contributed by atoms with Gasteiger partial charge in [-0.15, -0.1) is 0 Å². The molecule has 0 bridgehead atoms. The van der Waals surface area contributed by atoms with Gasteiger partial charge < -0.3 is 9.64 Å². The van der Waals surface area contributed by atoms with Gasteiger partial charge >= 0.3 is 0 Å². The maximum absolute atomic E-state index is 12.8. The number of hydrogen-bond donors (Lipinski definition) is 0. The molecule has 2 heterocycles. The summed E-state index contributed by atoms with van der Waals surface area (Å²) in [5, 5.41) is 0.232. The Kier molecular flexibility index (Phi) is 6.19. The van der Waals surface area contributed by atoms with Crippen LogP contribution in [0.15, 0.2) is 23.1 Å². The topological polar surface area (TPSA) is 70.2 Å². The van der Waals surface area contributed by atoms with Crippen molar-refractivity contribution in [2.24, 2.45) is 0 Å². The fourth-order valence-electron chi connectivity index (χ4n) is 3.18. The van der Waals surface area contributed by atoms with Gasteiger partial charge in [-0.25, -0.2) is 8.42 Å². The summed E-state index contributed by atoms with van der Waals surface area (Å²) in [6.45, 7) is 6.38. The number of carbonyl (C=O) groups is 1. The van der Waals surface area contributed by atoms with Gasteiger partial charge in [-0.3, -0.25) is 9.69 Å². The molecular formula is C17H24ClN3O4S. The van der Waals surface area contributed by atoms with Crippen molar-refractivity contribution in [2.75, 3.05) is 59.0 Å². The second-order valence-electron chi connectivity index (χ2n) is 6.61. The number of sulfonamides is 1. The minimum Gasteiger partial charge on any atom is -0.379 e. The number of amides is 1. The molecule has 2 aliphatic heterocycles. The highest BCUT2D eigenvalue weighted by atomic mass is 35.5. The first-order valence-electron chi connectivity index (χ1n) is 8.72. The lowest BCUT2D eigenvalue weighted by Gasteiger charge is -2.35. The van der Waals surface area contributed by atoms with Crippen LogP contribution in [0.3, 0.4) is 0 Å². The summed E-state index contributed by atoms with van der Waals surface area (Å²) in [5.41, 5.74) is 0.910. The predicted molar refractivity (Wildman–Crippen MR) is 98.8 cm³/mol. The van der Waals surface area contributed by atoms with Gasteiger partial charge in [-0.2, -0.15) is 4.31 Å². The summed E-state index contributed by atoms with van der Waals surface area (Å²) in [4.78, 5) is 16.4. The minimum atomic E-state index is -3.65. The van der Waals surface area contributed by atoms with E-state index < -0.39 is 10.0 Å². The molecule has 0 N–H and O–H groups in total. The van der Waals surface area contributed by atoms with Crippen LogP contribution in [-0.4, -0.2) is 87.5 Å². The average molecular weight is 402 g/mol. The van der Waals surface area contributed by atoms with E-state index in [2.05, 4.69) is 4.90 Å². The molecule has 0 radical (unpaired) electrons. The molecular weight excluding hydrogens is 378 g/mol. The van der Waals surface area contributed by atoms with Gasteiger partial charge in [0.1, 0.15) is 4.90 Å². The van der Waals surface area contributed by atoms with Crippen molar-refractivity contribution >= 4 is 27.5 Å². The lowest BCUT2D eigenvalue weighted by atomic mass is 10.2. The zero-order valence-electron chi connectivity index (χ0n) is 14.9. The van der Waals surface area contributed by atoms with E-state index >= 15 is 0 Å². The summed E-state index contributed by atoms with van der Waals surface area (Å²) in [6.07, 6.45) is 0. The maximum Gasteiger partial charge on any atom is 0.244 e. The highest BCUT2D eigenvalue weighted by molar-refractivity contribution is 7.89. The molecule has 0 aliphatic carbocycles. The van der Waals surface area contributed by atoms with Crippen LogP contribution in [0.1, 0.15) is 5.56 Å². The predicted octanol–water partition coefficient (Wildman–Crippen LogP) is 0.814. The van der Waals surface area contributed by atoms with Crippen LogP contribution in [0.25, 0.3) is 0 Å². The van der Waals surface area contributed by atoms with Crippen molar-refractivity contribution in [3.63, 3.8) is 0 Å². The lowest BCUT2D eigenvalue weighted by molar-refractivity contribution is -0.134. The third-order valence-corrected chi connectivity index (χ3v) is 7.14. The van der Waals surface area contributed by atoms with Gasteiger partial charge in [-0.1, -0.05) is 17.7 Å². The number of hydrogen-bond acceptors (Lipinski definition) is 5. The Morgan fingerprint density at radius 2 is 1.77 bits per heavy atom. The second-order valence-corrected chi connectivity index (χ2v) is 8.92. The van der Waals surface area contributed by atoms with E-state index in [1.54, 1.807) is 23.1 Å². The molecule has 1 aromatic carbocycles. The highest BCUT2D eigenvalue weighted by Crippen LogP contribution is 2.26. The molecule has 144 valence electrons. The van der Waals surface area contributed by atoms with E-state index in [0.29, 0.717) is 32.8 Å². The molecule has 0 unspecified atom stereocenters. The number of carbonyl (C=O) groups excluding carboxylic acids is 1. The van der Waals surface area contributed by atoms with Crippen LogP contribution in [0.4, 0.5) is 0 Å². The van der Waals surface area contributed by atoms with Crippen LogP contribution < -0.4 is 0 Å². The summed E-state index contributed by atoms with van der Waals surface area (Å²) >= 11 is 6.13. The molecule has 1 amide bonds. The molecule has 0 saturated carbocycles. The molecule has 2 fully saturated rings. The molecule has 0 spiro atoms. The summed E-state index contributed by atoms with van der Waals surface area (Å²) < 4.78 is 32.3. The number of ether oxygens (including phenoxy) is 1. The standard InChI is InChI=1S/C17H24ClN3O4S/c1-14-2-3-16(15(18)12-14)26(23,24)21-6-4-20(5-7-21)17(22)13-19-8-10-25-11-9-19/h2-3,12H,4-11,13H2,1H3. The Labute approximate surface area is 159 Å². The van der Waals surface area contributed by atoms with Crippen LogP contribution in [0.5, 0.6) is 0 Å². The van der Waals surface area contributed by atoms with E-state index in [4.69, 9.17) is 16.3 Å². The Hall–Kier alpha value is -1.19. The van der Waals surface area contributed by atoms with Gasteiger partial charge in [0.15, 0.2) is 0 Å². The Bertz CT molecular complexity index is 757. The molecule has 0 aromatic heterocycles. The summed E-state index contributed by atoms with van der Waals surface area (Å²) in [6, 6.07) is 4.93. The number of halogens is 1. The van der Waals surface area contributed by atoms with Crippen molar-refractivity contribution in [3.05, 3.63) is 28.8 Å². The maximum atomic E-state index is 12.8. The molecule has 2 saturated heterocycles. The van der Waals surface area contributed by atoms with Crippen molar-refractivity contribution in [2.45, 2.75) is 11.8 Å². The molecule has 2 aliphatic rings. The van der Waals surface area contributed by atoms with Crippen molar-refractivity contribution in [3.8, 4) is 0 Å². The molecule has 26 heavy (non-hydrogen) atoms. The first kappa shape index (κ1) is 19.6. The summed E-state index contributed by atoms with van der Waals surface area (Å²) in [5.74, 6) is 0.0392. The van der Waals surface area contributed by atoms with Gasteiger partial charge in [0.2, 0.25) is 15.9 Å². The van der Waals surface area contributed by atoms with Gasteiger partial charge in [0.25, 0.3) is 0 Å². The van der Waals surface area contributed by atoms with Crippen LogP contribution in [0, 0.1) is 6.92 Å². The zero-order chi connectivity index (χ0) is 18.7. The van der Waals surface area contributed by atoms with E-state index in [1.807, 2.05) is 6.92 Å². The average Bonchev–Trinajstić information content (AvgIpc) is 2.62. The number of aryl methyl sites for hydroxylation is 1. The monoisotopic (exact) mass is 401 g/mol. The van der Waals surface area contributed by atoms with Gasteiger partial charge in [0.05, 0.1) is 24.8 Å². The number of morpholine rings is 1. The Morgan fingerprint density at radius 1 is 1.12 bits per heavy atom. The molecule has 7 nitrogen and oxygen atoms in total. The third kappa shape index (κ3) is 4.37. The minimum absolute atomic E-state index is 0.0392. The first-order valence-corrected chi connectivity index (χ1v) is 10.5. The SMILES string of the molecule is Cc1ccc(S(=O)(=O)N2CCN(C(=O)CN3CCOCC3)CC2)c(Cl)c1. The Morgan fingerprint density at radius 3 is 2.38 bits per heavy atom. The largest absolute Gasteiger partial charge is 0.379 e. The third-order valence-electron chi connectivity index (χ3n) is 4.76. The summed E-state index contributed by atoms with van der Waals surface area (Å²) in [7, 11) is -3.65. The van der Waals surface area contributed by atoms with Crippen molar-refractivity contribution in [1.82, 2.24) is 14.1 Å². The molecule has 0 atom stereocenters.